The Morgan fingerprint density at radius 1 is 1.39 bits per heavy atom. The molecule has 4 atom stereocenters. The van der Waals surface area contributed by atoms with Gasteiger partial charge in [0.1, 0.15) is 0 Å². The standard InChI is InChI=1S/C11H14Cl2O5/c1-16-11(17-2)8(12)5-6-3-4-18-10(15,7(8)14)9(6,11)13/h6,15H,3-5H2,1-2H3/t6-,8+,9-,10+/m0/s1. The predicted molar refractivity (Wildman–Crippen MR) is 62.5 cm³/mol. The predicted octanol–water partition coefficient (Wildman–Crippen LogP) is 0.642. The van der Waals surface area contributed by atoms with Gasteiger partial charge in [0.15, 0.2) is 9.75 Å². The number of alkyl halides is 2. The Morgan fingerprint density at radius 2 is 2.00 bits per heavy atom. The maximum absolute atomic E-state index is 12.4. The van der Waals surface area contributed by atoms with Crippen LogP contribution in [0.4, 0.5) is 0 Å². The number of Topliss-reactive ketones (excluding diaryl/α,β-unsaturated/α-hetero) is 1. The van der Waals surface area contributed by atoms with Gasteiger partial charge in [-0.15, -0.1) is 23.2 Å². The summed E-state index contributed by atoms with van der Waals surface area (Å²) < 4.78 is 16.0. The maximum atomic E-state index is 12.4. The molecule has 5 nitrogen and oxygen atoms in total. The lowest BCUT2D eigenvalue weighted by atomic mass is 9.78. The third-order valence-electron chi connectivity index (χ3n) is 4.60. The molecule has 102 valence electrons. The van der Waals surface area contributed by atoms with Gasteiger partial charge in [0, 0.05) is 14.2 Å². The molecule has 0 radical (unpaired) electrons. The molecule has 1 saturated heterocycles. The normalized spacial score (nSPS) is 52.9. The van der Waals surface area contributed by atoms with Gasteiger partial charge >= 0.3 is 0 Å². The van der Waals surface area contributed by atoms with Crippen LogP contribution < -0.4 is 0 Å². The minimum atomic E-state index is -2.15. The van der Waals surface area contributed by atoms with E-state index < -0.39 is 27.1 Å². The molecule has 2 bridgehead atoms. The Morgan fingerprint density at radius 3 is 2.50 bits per heavy atom. The summed E-state index contributed by atoms with van der Waals surface area (Å²) in [5.41, 5.74) is 0. The number of hydrogen-bond acceptors (Lipinski definition) is 5. The fraction of sp³-hybridized carbons (Fsp3) is 0.909. The van der Waals surface area contributed by atoms with E-state index in [4.69, 9.17) is 37.4 Å². The van der Waals surface area contributed by atoms with Gasteiger partial charge in [-0.05, 0) is 18.8 Å². The lowest BCUT2D eigenvalue weighted by Crippen LogP contribution is -2.66. The largest absolute Gasteiger partial charge is 0.358 e. The summed E-state index contributed by atoms with van der Waals surface area (Å²) in [5.74, 6) is -4.61. The van der Waals surface area contributed by atoms with Crippen molar-refractivity contribution in [1.29, 1.82) is 0 Å². The van der Waals surface area contributed by atoms with E-state index in [1.807, 2.05) is 0 Å². The molecule has 2 saturated carbocycles. The molecule has 3 aliphatic rings. The van der Waals surface area contributed by atoms with E-state index in [2.05, 4.69) is 0 Å². The molecule has 0 unspecified atom stereocenters. The zero-order valence-electron chi connectivity index (χ0n) is 10.0. The number of carbonyl (C=O) groups excluding carboxylic acids is 1. The minimum absolute atomic E-state index is 0.201. The van der Waals surface area contributed by atoms with E-state index in [0.29, 0.717) is 12.8 Å². The summed E-state index contributed by atoms with van der Waals surface area (Å²) in [4.78, 5) is 9.38. The Bertz CT molecular complexity index is 426. The van der Waals surface area contributed by atoms with Gasteiger partial charge in [-0.2, -0.15) is 0 Å². The first-order chi connectivity index (χ1) is 8.34. The highest BCUT2D eigenvalue weighted by Crippen LogP contribution is 2.71. The molecular weight excluding hydrogens is 283 g/mol. The van der Waals surface area contributed by atoms with E-state index in [1.165, 1.54) is 14.2 Å². The molecule has 2 aliphatic carbocycles. The van der Waals surface area contributed by atoms with Gasteiger partial charge in [-0.25, -0.2) is 0 Å². The number of halogens is 2. The van der Waals surface area contributed by atoms with Crippen LogP contribution in [0, 0.1) is 5.92 Å². The fourth-order valence-corrected chi connectivity index (χ4v) is 5.18. The second-order valence-corrected chi connectivity index (χ2v) is 6.29. The van der Waals surface area contributed by atoms with E-state index in [0.717, 1.165) is 0 Å². The lowest BCUT2D eigenvalue weighted by molar-refractivity contribution is -0.290. The van der Waals surface area contributed by atoms with Gasteiger partial charge < -0.3 is 19.3 Å². The molecule has 7 heteroatoms. The molecule has 0 aromatic rings. The summed E-state index contributed by atoms with van der Waals surface area (Å²) in [6.07, 6.45) is 0.909. The summed E-state index contributed by atoms with van der Waals surface area (Å²) in [6, 6.07) is 0. The molecule has 18 heavy (non-hydrogen) atoms. The highest BCUT2D eigenvalue weighted by Gasteiger charge is 2.92. The lowest BCUT2D eigenvalue weighted by Gasteiger charge is -2.48. The van der Waals surface area contributed by atoms with Crippen LogP contribution in [-0.4, -0.2) is 53.0 Å². The number of rotatable bonds is 2. The van der Waals surface area contributed by atoms with Crippen LogP contribution in [0.5, 0.6) is 0 Å². The third kappa shape index (κ3) is 0.920. The van der Waals surface area contributed by atoms with Crippen LogP contribution in [0.1, 0.15) is 12.8 Å². The van der Waals surface area contributed by atoms with Crippen molar-refractivity contribution in [3.05, 3.63) is 0 Å². The summed E-state index contributed by atoms with van der Waals surface area (Å²) in [5, 5.41) is 10.6. The zero-order valence-corrected chi connectivity index (χ0v) is 11.5. The van der Waals surface area contributed by atoms with Crippen LogP contribution >= 0.6 is 23.2 Å². The van der Waals surface area contributed by atoms with Crippen molar-refractivity contribution in [3.63, 3.8) is 0 Å². The Kier molecular flexibility index (Phi) is 2.47. The monoisotopic (exact) mass is 296 g/mol. The quantitative estimate of drug-likeness (QED) is 0.598. The molecule has 0 spiro atoms. The van der Waals surface area contributed by atoms with Crippen molar-refractivity contribution >= 4 is 29.0 Å². The van der Waals surface area contributed by atoms with E-state index >= 15 is 0 Å². The van der Waals surface area contributed by atoms with Crippen molar-refractivity contribution < 1.29 is 24.1 Å². The van der Waals surface area contributed by atoms with Crippen molar-refractivity contribution in [3.8, 4) is 0 Å². The molecule has 1 N–H and O–H groups in total. The summed E-state index contributed by atoms with van der Waals surface area (Å²) >= 11 is 13.0. The molecule has 0 aromatic carbocycles. The average Bonchev–Trinajstić information content (AvgIpc) is 2.61. The van der Waals surface area contributed by atoms with Crippen molar-refractivity contribution in [1.82, 2.24) is 0 Å². The van der Waals surface area contributed by atoms with Crippen LogP contribution in [0.15, 0.2) is 0 Å². The first-order valence-corrected chi connectivity index (χ1v) is 6.49. The number of aliphatic hydroxyl groups is 1. The minimum Gasteiger partial charge on any atom is -0.358 e. The fourth-order valence-electron chi connectivity index (χ4n) is 3.87. The number of fused-ring (bicyclic) bond motifs is 1. The smallest absolute Gasteiger partial charge is 0.254 e. The van der Waals surface area contributed by atoms with Crippen LogP contribution in [-0.2, 0) is 19.0 Å². The average molecular weight is 297 g/mol. The second-order valence-electron chi connectivity index (χ2n) is 5.05. The maximum Gasteiger partial charge on any atom is 0.254 e. The first-order valence-electron chi connectivity index (χ1n) is 5.73. The van der Waals surface area contributed by atoms with Crippen molar-refractivity contribution in [2.45, 2.75) is 34.2 Å². The van der Waals surface area contributed by atoms with E-state index in [9.17, 15) is 9.90 Å². The highest BCUT2D eigenvalue weighted by atomic mass is 35.5. The molecule has 1 aliphatic heterocycles. The molecule has 3 rings (SSSR count). The van der Waals surface area contributed by atoms with Gasteiger partial charge in [0.05, 0.1) is 6.61 Å². The summed E-state index contributed by atoms with van der Waals surface area (Å²) in [7, 11) is 2.72. The highest BCUT2D eigenvalue weighted by molar-refractivity contribution is 6.44. The number of ether oxygens (including phenoxy) is 3. The van der Waals surface area contributed by atoms with Crippen molar-refractivity contribution in [2.24, 2.45) is 5.92 Å². The van der Waals surface area contributed by atoms with Crippen LogP contribution in [0.2, 0.25) is 0 Å². The number of methoxy groups -OCH3 is 2. The van der Waals surface area contributed by atoms with E-state index in [-0.39, 0.29) is 12.5 Å². The van der Waals surface area contributed by atoms with Gasteiger partial charge in [0.2, 0.25) is 11.6 Å². The van der Waals surface area contributed by atoms with Crippen molar-refractivity contribution in [2.75, 3.05) is 20.8 Å². The SMILES string of the molecule is COC1(OC)[C@@]2(Cl)C[C@@H]3CCO[C@](O)(C2=O)[C@@]31Cl. The second kappa shape index (κ2) is 3.40. The van der Waals surface area contributed by atoms with Crippen LogP contribution in [0.3, 0.4) is 0 Å². The Labute approximate surface area is 114 Å². The van der Waals surface area contributed by atoms with E-state index in [1.54, 1.807) is 0 Å². The molecular formula is C11H14Cl2O5. The summed E-state index contributed by atoms with van der Waals surface area (Å²) in [6.45, 7) is 0.262. The van der Waals surface area contributed by atoms with Gasteiger partial charge in [0.25, 0.3) is 5.79 Å². The Balaban J connectivity index is 2.29. The Hall–Kier alpha value is 0.0900. The topological polar surface area (TPSA) is 65.0 Å². The molecule has 0 aromatic heterocycles. The molecule has 0 amide bonds. The molecule has 3 fully saturated rings. The van der Waals surface area contributed by atoms with Gasteiger partial charge in [-0.1, -0.05) is 0 Å². The first kappa shape index (κ1) is 13.1. The number of ketones is 1. The third-order valence-corrected chi connectivity index (χ3v) is 5.99. The zero-order chi connectivity index (χ0) is 13.4. The number of carbonyl (C=O) groups is 1. The van der Waals surface area contributed by atoms with Gasteiger partial charge in [-0.3, -0.25) is 4.79 Å². The number of hydrogen-bond donors (Lipinski definition) is 1. The van der Waals surface area contributed by atoms with Crippen LogP contribution in [0.25, 0.3) is 0 Å². The molecule has 1 heterocycles.